The fourth-order valence-corrected chi connectivity index (χ4v) is 1.67. The minimum Gasteiger partial charge on any atom is -0.393 e. The van der Waals surface area contributed by atoms with Crippen molar-refractivity contribution in [1.82, 2.24) is 9.78 Å². The molecule has 1 saturated heterocycles. The van der Waals surface area contributed by atoms with E-state index in [1.165, 1.54) is 6.20 Å². The summed E-state index contributed by atoms with van der Waals surface area (Å²) in [6, 6.07) is 0.291. The smallest absolute Gasteiger partial charge is 0.247 e. The molecule has 5 nitrogen and oxygen atoms in total. The van der Waals surface area contributed by atoms with E-state index in [1.807, 2.05) is 0 Å². The molecule has 1 aliphatic rings. The monoisotopic (exact) mass is 192 g/mol. The molecule has 0 aliphatic carbocycles. The van der Waals surface area contributed by atoms with Crippen LogP contribution in [0.4, 0.5) is 11.5 Å². The molecule has 1 aliphatic heterocycles. The van der Waals surface area contributed by atoms with E-state index in [0.29, 0.717) is 17.5 Å². The Morgan fingerprint density at radius 2 is 2.29 bits per heavy atom. The van der Waals surface area contributed by atoms with Gasteiger partial charge in [0.25, 0.3) is 0 Å². The van der Waals surface area contributed by atoms with Gasteiger partial charge in [-0.2, -0.15) is 5.10 Å². The Hall–Kier alpha value is -1.54. The Morgan fingerprint density at radius 1 is 1.57 bits per heavy atom. The lowest BCUT2D eigenvalue weighted by Crippen LogP contribution is -2.21. The summed E-state index contributed by atoms with van der Waals surface area (Å²) in [4.78, 5) is 3.30. The van der Waals surface area contributed by atoms with Crippen LogP contribution in [0.1, 0.15) is 18.9 Å². The first kappa shape index (κ1) is 9.03. The number of nitrogen functional groups attached to an aromatic ring is 1. The summed E-state index contributed by atoms with van der Waals surface area (Å²) in [5.74, 6) is 0.479. The molecule has 0 aromatic carbocycles. The van der Waals surface area contributed by atoms with Gasteiger partial charge in [0, 0.05) is 13.2 Å². The highest BCUT2D eigenvalue weighted by molar-refractivity contribution is 5.62. The van der Waals surface area contributed by atoms with Gasteiger partial charge in [0.15, 0.2) is 0 Å². The van der Waals surface area contributed by atoms with Crippen LogP contribution in [0, 0.1) is 6.57 Å². The number of ether oxygens (including phenoxy) is 1. The minimum atomic E-state index is 0.291. The minimum absolute atomic E-state index is 0.291. The van der Waals surface area contributed by atoms with Crippen molar-refractivity contribution in [3.05, 3.63) is 17.6 Å². The molecular weight excluding hydrogens is 180 g/mol. The van der Waals surface area contributed by atoms with E-state index >= 15 is 0 Å². The molecule has 5 heteroatoms. The topological polar surface area (TPSA) is 57.4 Å². The van der Waals surface area contributed by atoms with Gasteiger partial charge in [-0.3, -0.25) is 4.68 Å². The lowest BCUT2D eigenvalue weighted by atomic mass is 10.1. The maximum atomic E-state index is 6.88. The third-order valence-electron chi connectivity index (χ3n) is 2.47. The Labute approximate surface area is 82.3 Å². The fourth-order valence-electron chi connectivity index (χ4n) is 1.67. The molecule has 0 bridgehead atoms. The van der Waals surface area contributed by atoms with Crippen molar-refractivity contribution in [2.24, 2.45) is 0 Å². The summed E-state index contributed by atoms with van der Waals surface area (Å²) in [6.07, 6.45) is 3.37. The third-order valence-corrected chi connectivity index (χ3v) is 2.47. The molecule has 0 amide bonds. The predicted molar refractivity (Wildman–Crippen MR) is 52.0 cm³/mol. The second-order valence-corrected chi connectivity index (χ2v) is 3.31. The molecule has 2 rings (SSSR count). The Balaban J connectivity index is 2.23. The third kappa shape index (κ3) is 1.44. The number of aromatic nitrogens is 2. The average molecular weight is 192 g/mol. The molecule has 1 aromatic heterocycles. The van der Waals surface area contributed by atoms with Crippen molar-refractivity contribution in [3.8, 4) is 0 Å². The summed E-state index contributed by atoms with van der Waals surface area (Å²) in [5, 5.41) is 4.13. The van der Waals surface area contributed by atoms with Gasteiger partial charge in [-0.15, -0.1) is 0 Å². The van der Waals surface area contributed by atoms with E-state index < -0.39 is 0 Å². The van der Waals surface area contributed by atoms with Gasteiger partial charge >= 0.3 is 0 Å². The molecule has 0 spiro atoms. The van der Waals surface area contributed by atoms with E-state index in [2.05, 4.69) is 9.94 Å². The zero-order valence-corrected chi connectivity index (χ0v) is 7.81. The van der Waals surface area contributed by atoms with Crippen molar-refractivity contribution in [2.45, 2.75) is 18.9 Å². The molecule has 2 N–H and O–H groups in total. The van der Waals surface area contributed by atoms with Gasteiger partial charge in [-0.1, -0.05) is 0 Å². The van der Waals surface area contributed by atoms with Crippen molar-refractivity contribution in [2.75, 3.05) is 18.9 Å². The second kappa shape index (κ2) is 3.68. The summed E-state index contributed by atoms with van der Waals surface area (Å²) in [6.45, 7) is 8.37. The molecule has 0 unspecified atom stereocenters. The van der Waals surface area contributed by atoms with E-state index in [0.717, 1.165) is 26.1 Å². The number of anilines is 1. The maximum absolute atomic E-state index is 6.88. The number of hydrogen-bond donors (Lipinski definition) is 1. The predicted octanol–water partition coefficient (Wildman–Crippen LogP) is 1.37. The second-order valence-electron chi connectivity index (χ2n) is 3.31. The highest BCUT2D eigenvalue weighted by atomic mass is 16.5. The van der Waals surface area contributed by atoms with Crippen LogP contribution in [0.3, 0.4) is 0 Å². The summed E-state index contributed by atoms with van der Waals surface area (Å²) < 4.78 is 7.00. The maximum Gasteiger partial charge on any atom is 0.247 e. The highest BCUT2D eigenvalue weighted by Gasteiger charge is 2.19. The number of hydrogen-bond acceptors (Lipinski definition) is 3. The standard InChI is InChI=1S/C9H12N4O/c1-11-8-6-12-13(9(8)10)7-2-4-14-5-3-7/h6-7H,2-5,10H2. The fraction of sp³-hybridized carbons (Fsp3) is 0.556. The van der Waals surface area contributed by atoms with Gasteiger partial charge in [-0.05, 0) is 12.8 Å². The highest BCUT2D eigenvalue weighted by Crippen LogP contribution is 2.28. The summed E-state index contributed by atoms with van der Waals surface area (Å²) >= 11 is 0. The Bertz CT molecular complexity index is 359. The first-order valence-corrected chi connectivity index (χ1v) is 4.61. The summed E-state index contributed by atoms with van der Waals surface area (Å²) in [5.41, 5.74) is 6.23. The van der Waals surface area contributed by atoms with Crippen LogP contribution in [-0.4, -0.2) is 23.0 Å². The molecular formula is C9H12N4O. The van der Waals surface area contributed by atoms with E-state index in [1.54, 1.807) is 4.68 Å². The Morgan fingerprint density at radius 3 is 2.86 bits per heavy atom. The molecule has 14 heavy (non-hydrogen) atoms. The van der Waals surface area contributed by atoms with E-state index in [-0.39, 0.29) is 0 Å². The zero-order valence-electron chi connectivity index (χ0n) is 7.81. The molecule has 1 fully saturated rings. The molecule has 74 valence electrons. The number of rotatable bonds is 1. The van der Waals surface area contributed by atoms with Crippen LogP contribution in [0.15, 0.2) is 6.20 Å². The SMILES string of the molecule is [C-]#[N+]c1cnn(C2CCOCC2)c1N. The van der Waals surface area contributed by atoms with Crippen molar-refractivity contribution in [3.63, 3.8) is 0 Å². The van der Waals surface area contributed by atoms with Crippen LogP contribution < -0.4 is 5.73 Å². The van der Waals surface area contributed by atoms with E-state index in [4.69, 9.17) is 17.0 Å². The quantitative estimate of drug-likeness (QED) is 0.683. The molecule has 1 aromatic rings. The van der Waals surface area contributed by atoms with E-state index in [9.17, 15) is 0 Å². The zero-order chi connectivity index (χ0) is 9.97. The van der Waals surface area contributed by atoms with Crippen LogP contribution >= 0.6 is 0 Å². The largest absolute Gasteiger partial charge is 0.393 e. The van der Waals surface area contributed by atoms with Gasteiger partial charge in [-0.25, -0.2) is 4.85 Å². The van der Waals surface area contributed by atoms with Gasteiger partial charge in [0.1, 0.15) is 5.82 Å². The first-order chi connectivity index (χ1) is 6.83. The van der Waals surface area contributed by atoms with Gasteiger partial charge < -0.3 is 10.5 Å². The molecule has 0 atom stereocenters. The lowest BCUT2D eigenvalue weighted by molar-refractivity contribution is 0.0669. The van der Waals surface area contributed by atoms with Gasteiger partial charge in [0.05, 0.1) is 18.8 Å². The lowest BCUT2D eigenvalue weighted by Gasteiger charge is -2.23. The molecule has 0 radical (unpaired) electrons. The van der Waals surface area contributed by atoms with Crippen LogP contribution in [0.25, 0.3) is 4.85 Å². The van der Waals surface area contributed by atoms with Gasteiger partial charge in [0.2, 0.25) is 5.69 Å². The van der Waals surface area contributed by atoms with Crippen molar-refractivity contribution >= 4 is 11.5 Å². The Kier molecular flexibility index (Phi) is 2.37. The number of nitrogens with two attached hydrogens (primary N) is 1. The van der Waals surface area contributed by atoms with Crippen LogP contribution in [-0.2, 0) is 4.74 Å². The average Bonchev–Trinajstić information content (AvgIpc) is 2.61. The number of nitrogens with zero attached hydrogens (tertiary/aromatic N) is 3. The molecule has 0 saturated carbocycles. The van der Waals surface area contributed by atoms with Crippen LogP contribution in [0.2, 0.25) is 0 Å². The van der Waals surface area contributed by atoms with Crippen molar-refractivity contribution < 1.29 is 4.74 Å². The first-order valence-electron chi connectivity index (χ1n) is 4.61. The summed E-state index contributed by atoms with van der Waals surface area (Å²) in [7, 11) is 0. The normalized spacial score (nSPS) is 17.9. The van der Waals surface area contributed by atoms with Crippen LogP contribution in [0.5, 0.6) is 0 Å². The molecule has 2 heterocycles. The van der Waals surface area contributed by atoms with Crippen molar-refractivity contribution in [1.29, 1.82) is 0 Å².